The molecule has 3 aromatic rings. The molecule has 0 fully saturated rings. The topological polar surface area (TPSA) is 55.1 Å². The Labute approximate surface area is 154 Å². The minimum atomic E-state index is -0.947. The highest BCUT2D eigenvalue weighted by atomic mass is 19.2. The van der Waals surface area contributed by atoms with E-state index in [1.807, 2.05) is 31.3 Å². The maximum atomic E-state index is 14.0. The number of aryl methyl sites for hydroxylation is 1. The first kappa shape index (κ1) is 17.4. The number of allylic oxidation sites excluding steroid dienone is 2. The van der Waals surface area contributed by atoms with Crippen molar-refractivity contribution in [1.82, 2.24) is 9.78 Å². The summed E-state index contributed by atoms with van der Waals surface area (Å²) in [7, 11) is 1.85. The van der Waals surface area contributed by atoms with E-state index in [0.29, 0.717) is 12.0 Å². The van der Waals surface area contributed by atoms with Gasteiger partial charge in [0, 0.05) is 18.4 Å². The summed E-state index contributed by atoms with van der Waals surface area (Å²) in [6, 6.07) is 8.41. The number of rotatable bonds is 3. The van der Waals surface area contributed by atoms with Gasteiger partial charge in [-0.1, -0.05) is 24.3 Å². The van der Waals surface area contributed by atoms with Gasteiger partial charge in [0.1, 0.15) is 0 Å². The van der Waals surface area contributed by atoms with Crippen LogP contribution in [0.4, 0.5) is 8.78 Å². The number of carbonyl (C=O) groups is 1. The molecule has 0 aliphatic heterocycles. The van der Waals surface area contributed by atoms with E-state index in [1.54, 1.807) is 10.9 Å². The number of benzene rings is 2. The van der Waals surface area contributed by atoms with Gasteiger partial charge in [0.25, 0.3) is 0 Å². The summed E-state index contributed by atoms with van der Waals surface area (Å²) in [4.78, 5) is 11.8. The zero-order chi connectivity index (χ0) is 19.3. The molecule has 0 saturated heterocycles. The lowest BCUT2D eigenvalue weighted by Crippen LogP contribution is -2.18. The van der Waals surface area contributed by atoms with Crippen LogP contribution in [0, 0.1) is 24.5 Å². The Balaban J connectivity index is 1.80. The summed E-state index contributed by atoms with van der Waals surface area (Å²) >= 11 is 0. The van der Waals surface area contributed by atoms with Gasteiger partial charge in [-0.3, -0.25) is 9.48 Å². The Morgan fingerprint density at radius 2 is 2.04 bits per heavy atom. The van der Waals surface area contributed by atoms with Gasteiger partial charge in [-0.15, -0.1) is 0 Å². The van der Waals surface area contributed by atoms with Crippen molar-refractivity contribution in [1.29, 1.82) is 0 Å². The second-order valence-electron chi connectivity index (χ2n) is 6.98. The highest BCUT2D eigenvalue weighted by molar-refractivity contribution is 5.86. The van der Waals surface area contributed by atoms with Gasteiger partial charge in [-0.2, -0.15) is 5.10 Å². The fraction of sp³-hybridized carbons (Fsp3) is 0.238. The zero-order valence-electron chi connectivity index (χ0n) is 14.9. The third kappa shape index (κ3) is 2.81. The second-order valence-corrected chi connectivity index (χ2v) is 6.98. The number of carboxylic acids is 1. The van der Waals surface area contributed by atoms with Crippen LogP contribution in [-0.4, -0.2) is 20.9 Å². The van der Waals surface area contributed by atoms with Gasteiger partial charge >= 0.3 is 5.97 Å². The minimum Gasteiger partial charge on any atom is -0.481 e. The fourth-order valence-electron chi connectivity index (χ4n) is 3.90. The van der Waals surface area contributed by atoms with Crippen molar-refractivity contribution in [2.24, 2.45) is 13.0 Å². The van der Waals surface area contributed by atoms with Crippen LogP contribution in [0.25, 0.3) is 16.5 Å². The van der Waals surface area contributed by atoms with Crippen LogP contribution in [0.5, 0.6) is 0 Å². The Kier molecular flexibility index (Phi) is 4.06. The Bertz CT molecular complexity index is 1100. The van der Waals surface area contributed by atoms with E-state index in [2.05, 4.69) is 5.10 Å². The summed E-state index contributed by atoms with van der Waals surface area (Å²) in [5.41, 5.74) is 3.43. The highest BCUT2D eigenvalue weighted by Crippen LogP contribution is 2.44. The molecule has 4 nitrogen and oxygen atoms in total. The Hall–Kier alpha value is -3.02. The molecule has 4 rings (SSSR count). The van der Waals surface area contributed by atoms with Crippen LogP contribution in [0.15, 0.2) is 42.6 Å². The normalized spacial score (nSPS) is 19.5. The molecule has 27 heavy (non-hydrogen) atoms. The van der Waals surface area contributed by atoms with Crippen LogP contribution in [0.1, 0.15) is 29.0 Å². The van der Waals surface area contributed by atoms with E-state index in [4.69, 9.17) is 0 Å². The van der Waals surface area contributed by atoms with Crippen molar-refractivity contribution in [3.63, 3.8) is 0 Å². The molecule has 1 heterocycles. The molecule has 0 spiro atoms. The zero-order valence-corrected chi connectivity index (χ0v) is 14.9. The summed E-state index contributed by atoms with van der Waals surface area (Å²) in [6.07, 6.45) is 3.98. The van der Waals surface area contributed by atoms with Gasteiger partial charge in [-0.25, -0.2) is 8.78 Å². The van der Waals surface area contributed by atoms with Crippen LogP contribution in [0.2, 0.25) is 0 Å². The number of hydrogen-bond acceptors (Lipinski definition) is 2. The van der Waals surface area contributed by atoms with Gasteiger partial charge in [-0.05, 0) is 47.7 Å². The van der Waals surface area contributed by atoms with E-state index in [0.717, 1.165) is 28.1 Å². The van der Waals surface area contributed by atoms with Crippen LogP contribution < -0.4 is 0 Å². The first-order valence-electron chi connectivity index (χ1n) is 8.67. The van der Waals surface area contributed by atoms with Crippen LogP contribution in [0.3, 0.4) is 0 Å². The van der Waals surface area contributed by atoms with Crippen LogP contribution in [-0.2, 0) is 11.8 Å². The average molecular weight is 368 g/mol. The fourth-order valence-corrected chi connectivity index (χ4v) is 3.90. The van der Waals surface area contributed by atoms with E-state index in [9.17, 15) is 18.7 Å². The summed E-state index contributed by atoms with van der Waals surface area (Å²) in [6.45, 7) is 1.49. The van der Waals surface area contributed by atoms with Gasteiger partial charge in [0.15, 0.2) is 11.6 Å². The van der Waals surface area contributed by atoms with Crippen molar-refractivity contribution in [2.45, 2.75) is 19.3 Å². The molecule has 6 heteroatoms. The summed E-state index contributed by atoms with van der Waals surface area (Å²) in [5.74, 6) is -4.01. The van der Waals surface area contributed by atoms with E-state index in [-0.39, 0.29) is 5.56 Å². The molecular weight excluding hydrogens is 350 g/mol. The van der Waals surface area contributed by atoms with E-state index in [1.165, 1.54) is 13.0 Å². The van der Waals surface area contributed by atoms with E-state index < -0.39 is 29.4 Å². The molecule has 1 aliphatic carbocycles. The first-order chi connectivity index (χ1) is 12.9. The monoisotopic (exact) mass is 368 g/mol. The predicted octanol–water partition coefficient (Wildman–Crippen LogP) is 4.43. The predicted molar refractivity (Wildman–Crippen MR) is 98.3 cm³/mol. The molecular formula is C21H18F2N2O2. The van der Waals surface area contributed by atoms with Crippen LogP contribution >= 0.6 is 0 Å². The third-order valence-corrected chi connectivity index (χ3v) is 5.43. The number of nitrogens with zero attached hydrogens (tertiary/aromatic N) is 2. The largest absolute Gasteiger partial charge is 0.481 e. The number of aromatic nitrogens is 2. The molecule has 2 atom stereocenters. The maximum Gasteiger partial charge on any atom is 0.307 e. The molecule has 138 valence electrons. The van der Waals surface area contributed by atoms with Gasteiger partial charge < -0.3 is 5.11 Å². The van der Waals surface area contributed by atoms with Crippen molar-refractivity contribution in [3.8, 4) is 0 Å². The first-order valence-corrected chi connectivity index (χ1v) is 8.67. The van der Waals surface area contributed by atoms with Gasteiger partial charge in [0.05, 0.1) is 17.6 Å². The van der Waals surface area contributed by atoms with Gasteiger partial charge in [0.2, 0.25) is 0 Å². The number of halogens is 2. The molecule has 2 aromatic carbocycles. The lowest BCUT2D eigenvalue weighted by Gasteiger charge is -2.18. The molecule has 1 N–H and O–H groups in total. The average Bonchev–Trinajstić information content (AvgIpc) is 3.24. The molecule has 1 aromatic heterocycles. The number of hydrogen-bond donors (Lipinski definition) is 1. The lowest BCUT2D eigenvalue weighted by molar-refractivity contribution is -0.141. The molecule has 1 aliphatic rings. The molecule has 0 bridgehead atoms. The SMILES string of the molecule is Cc1c(C2C=C(c3ccc4cnn(C)c4c3)CC2C(=O)O)ccc(F)c1F. The third-order valence-electron chi connectivity index (χ3n) is 5.43. The van der Waals surface area contributed by atoms with Crippen molar-refractivity contribution >= 4 is 22.4 Å². The molecule has 0 amide bonds. The maximum absolute atomic E-state index is 14.0. The Morgan fingerprint density at radius 1 is 1.26 bits per heavy atom. The number of aliphatic carboxylic acids is 1. The standard InChI is InChI=1S/C21H18F2N2O2/c1-11-15(5-6-18(22)20(11)23)16-7-14(8-17(16)21(26)27)12-3-4-13-10-24-25(2)19(13)9-12/h3-7,9-10,16-17H,8H2,1-2H3,(H,26,27). The van der Waals surface area contributed by atoms with E-state index >= 15 is 0 Å². The molecule has 0 radical (unpaired) electrons. The summed E-state index contributed by atoms with van der Waals surface area (Å²) < 4.78 is 29.3. The summed E-state index contributed by atoms with van der Waals surface area (Å²) in [5, 5.41) is 14.9. The lowest BCUT2D eigenvalue weighted by atomic mass is 9.86. The number of carboxylic acid groups (broad SMARTS) is 1. The quantitative estimate of drug-likeness (QED) is 0.744. The second kappa shape index (κ2) is 6.30. The minimum absolute atomic E-state index is 0.158. The highest BCUT2D eigenvalue weighted by Gasteiger charge is 2.36. The molecule has 2 unspecified atom stereocenters. The number of fused-ring (bicyclic) bond motifs is 1. The van der Waals surface area contributed by atoms with Crippen molar-refractivity contribution < 1.29 is 18.7 Å². The van der Waals surface area contributed by atoms with Crippen molar-refractivity contribution in [3.05, 3.63) is 70.9 Å². The molecule has 0 saturated carbocycles. The Morgan fingerprint density at radius 3 is 2.78 bits per heavy atom. The smallest absolute Gasteiger partial charge is 0.307 e. The van der Waals surface area contributed by atoms with Crippen molar-refractivity contribution in [2.75, 3.05) is 0 Å².